The molecule has 1 aromatic heterocycles. The number of rotatable bonds is 6. The van der Waals surface area contributed by atoms with Gasteiger partial charge in [-0.2, -0.15) is 0 Å². The second-order valence-corrected chi connectivity index (χ2v) is 8.29. The molecule has 1 fully saturated rings. The highest BCUT2D eigenvalue weighted by Gasteiger charge is 2.30. The molecular formula is C23H20N2O3S2. The molecule has 0 saturated carbocycles. The van der Waals surface area contributed by atoms with Gasteiger partial charge in [0.15, 0.2) is 0 Å². The van der Waals surface area contributed by atoms with Gasteiger partial charge in [-0.1, -0.05) is 48.2 Å². The molecule has 0 N–H and O–H groups in total. The molecule has 152 valence electrons. The van der Waals surface area contributed by atoms with E-state index in [1.807, 2.05) is 61.5 Å². The molecule has 30 heavy (non-hydrogen) atoms. The van der Waals surface area contributed by atoms with Gasteiger partial charge in [0.2, 0.25) is 0 Å². The maximum absolute atomic E-state index is 12.5. The zero-order valence-corrected chi connectivity index (χ0v) is 18.3. The van der Waals surface area contributed by atoms with Gasteiger partial charge in [-0.25, -0.2) is 0 Å². The summed E-state index contributed by atoms with van der Waals surface area (Å²) in [4.78, 5) is 19.1. The van der Waals surface area contributed by atoms with E-state index in [1.54, 1.807) is 18.2 Å². The molecule has 0 unspecified atom stereocenters. The van der Waals surface area contributed by atoms with E-state index in [-0.39, 0.29) is 5.91 Å². The lowest BCUT2D eigenvalue weighted by Crippen LogP contribution is -2.27. The summed E-state index contributed by atoms with van der Waals surface area (Å²) in [5.41, 5.74) is 2.59. The predicted octanol–water partition coefficient (Wildman–Crippen LogP) is 5.04. The third-order valence-corrected chi connectivity index (χ3v) is 6.15. The normalized spacial score (nSPS) is 15.3. The number of methoxy groups -OCH3 is 1. The van der Waals surface area contributed by atoms with Crippen molar-refractivity contribution in [3.63, 3.8) is 0 Å². The monoisotopic (exact) mass is 436 g/mol. The molecule has 5 nitrogen and oxygen atoms in total. The summed E-state index contributed by atoms with van der Waals surface area (Å²) in [7, 11) is 1.63. The van der Waals surface area contributed by atoms with Crippen LogP contribution in [0.4, 0.5) is 0 Å². The van der Waals surface area contributed by atoms with Crippen LogP contribution in [0.15, 0.2) is 59.6 Å². The Morgan fingerprint density at radius 2 is 2.00 bits per heavy atom. The highest BCUT2D eigenvalue weighted by Crippen LogP contribution is 2.33. The Kier molecular flexibility index (Phi) is 6.01. The Hall–Kier alpha value is -2.90. The zero-order valence-electron chi connectivity index (χ0n) is 16.6. The lowest BCUT2D eigenvalue weighted by atomic mass is 10.1. The number of carbonyl (C=O) groups excluding carboxylic acids is 1. The van der Waals surface area contributed by atoms with Crippen LogP contribution in [0, 0.1) is 0 Å². The lowest BCUT2D eigenvalue weighted by Gasteiger charge is -2.12. The number of para-hydroxylation sites is 1. The van der Waals surface area contributed by atoms with Crippen molar-refractivity contribution in [2.45, 2.75) is 13.5 Å². The Labute approximate surface area is 184 Å². The number of hydrogen-bond donors (Lipinski definition) is 0. The van der Waals surface area contributed by atoms with E-state index in [0.717, 1.165) is 27.8 Å². The number of carbonyl (C=O) groups is 1. The second-order valence-electron chi connectivity index (χ2n) is 6.62. The number of ether oxygens (including phenoxy) is 2. The smallest absolute Gasteiger partial charge is 0.266 e. The first-order valence-electron chi connectivity index (χ1n) is 9.49. The van der Waals surface area contributed by atoms with Crippen LogP contribution in [-0.2, 0) is 11.4 Å². The van der Waals surface area contributed by atoms with Gasteiger partial charge >= 0.3 is 0 Å². The van der Waals surface area contributed by atoms with Crippen LogP contribution in [0.2, 0.25) is 0 Å². The van der Waals surface area contributed by atoms with Gasteiger partial charge in [-0.05, 0) is 42.8 Å². The Balaban J connectivity index is 1.60. The Morgan fingerprint density at radius 1 is 1.17 bits per heavy atom. The summed E-state index contributed by atoms with van der Waals surface area (Å²) in [6, 6.07) is 15.5. The van der Waals surface area contributed by atoms with Gasteiger partial charge in [0, 0.05) is 23.7 Å². The number of aromatic nitrogens is 1. The van der Waals surface area contributed by atoms with Crippen LogP contribution in [0.5, 0.6) is 11.5 Å². The minimum Gasteiger partial charge on any atom is -0.496 e. The average Bonchev–Trinajstić information content (AvgIpc) is 3.04. The quantitative estimate of drug-likeness (QED) is 0.398. The first-order chi connectivity index (χ1) is 14.6. The van der Waals surface area contributed by atoms with E-state index in [2.05, 4.69) is 4.98 Å². The number of likely N-dealkylation sites (N-methyl/N-ethyl adjacent to an activating group) is 1. The topological polar surface area (TPSA) is 51.7 Å². The van der Waals surface area contributed by atoms with Crippen molar-refractivity contribution < 1.29 is 14.3 Å². The van der Waals surface area contributed by atoms with Crippen molar-refractivity contribution in [1.29, 1.82) is 0 Å². The van der Waals surface area contributed by atoms with Gasteiger partial charge < -0.3 is 9.47 Å². The molecule has 1 amide bonds. The molecule has 0 spiro atoms. The number of thioether (sulfide) groups is 1. The number of fused-ring (bicyclic) bond motifs is 1. The summed E-state index contributed by atoms with van der Waals surface area (Å²) >= 11 is 6.62. The first-order valence-corrected chi connectivity index (χ1v) is 10.7. The van der Waals surface area contributed by atoms with E-state index in [1.165, 1.54) is 11.8 Å². The van der Waals surface area contributed by atoms with Crippen molar-refractivity contribution in [3.05, 3.63) is 70.8 Å². The van der Waals surface area contributed by atoms with Crippen molar-refractivity contribution in [3.8, 4) is 11.5 Å². The Bertz CT molecular complexity index is 1150. The molecule has 2 aromatic carbocycles. The summed E-state index contributed by atoms with van der Waals surface area (Å²) in [6.07, 6.45) is 3.61. The number of pyridine rings is 1. The van der Waals surface area contributed by atoms with Crippen LogP contribution in [0.3, 0.4) is 0 Å². The predicted molar refractivity (Wildman–Crippen MR) is 125 cm³/mol. The number of hydrogen-bond acceptors (Lipinski definition) is 6. The standard InChI is InChI=1S/C23H20N2O3S2/c1-3-25-22(26)20(30-23(25)29)13-15-9-10-18(27-2)17(12-15)14-28-19-8-4-6-16-7-5-11-24-21(16)19/h4-13H,3,14H2,1-2H3/b20-13+. The van der Waals surface area contributed by atoms with Gasteiger partial charge in [-0.15, -0.1) is 0 Å². The van der Waals surface area contributed by atoms with Crippen LogP contribution >= 0.6 is 24.0 Å². The van der Waals surface area contributed by atoms with Crippen LogP contribution in [-0.4, -0.2) is 33.8 Å². The van der Waals surface area contributed by atoms with Crippen LogP contribution in [0.25, 0.3) is 17.0 Å². The van der Waals surface area contributed by atoms with E-state index < -0.39 is 0 Å². The molecule has 4 rings (SSSR count). The summed E-state index contributed by atoms with van der Waals surface area (Å²) in [6.45, 7) is 2.80. The SMILES string of the molecule is CCN1C(=O)/C(=C\c2ccc(OC)c(COc3cccc4cccnc34)c2)SC1=S. The van der Waals surface area contributed by atoms with E-state index in [0.29, 0.717) is 28.1 Å². The van der Waals surface area contributed by atoms with Gasteiger partial charge in [-0.3, -0.25) is 14.7 Å². The van der Waals surface area contributed by atoms with Gasteiger partial charge in [0.05, 0.1) is 12.0 Å². The summed E-state index contributed by atoms with van der Waals surface area (Å²) in [5, 5.41) is 1.02. The second kappa shape index (κ2) is 8.85. The zero-order chi connectivity index (χ0) is 21.1. The maximum Gasteiger partial charge on any atom is 0.266 e. The maximum atomic E-state index is 12.5. The molecule has 1 aliphatic rings. The molecule has 7 heteroatoms. The fourth-order valence-electron chi connectivity index (χ4n) is 3.27. The molecule has 0 radical (unpaired) electrons. The van der Waals surface area contributed by atoms with Crippen molar-refractivity contribution in [2.24, 2.45) is 0 Å². The van der Waals surface area contributed by atoms with Crippen molar-refractivity contribution in [2.75, 3.05) is 13.7 Å². The van der Waals surface area contributed by atoms with E-state index in [9.17, 15) is 4.79 Å². The van der Waals surface area contributed by atoms with Crippen LogP contribution in [0.1, 0.15) is 18.1 Å². The van der Waals surface area contributed by atoms with E-state index >= 15 is 0 Å². The van der Waals surface area contributed by atoms with Gasteiger partial charge in [0.1, 0.15) is 27.9 Å². The molecule has 0 aliphatic carbocycles. The fourth-order valence-corrected chi connectivity index (χ4v) is 4.66. The van der Waals surface area contributed by atoms with Crippen molar-refractivity contribution >= 4 is 51.2 Å². The first kappa shape index (κ1) is 20.4. The minimum atomic E-state index is -0.0528. The highest BCUT2D eigenvalue weighted by molar-refractivity contribution is 8.26. The number of nitrogens with zero attached hydrogens (tertiary/aromatic N) is 2. The minimum absolute atomic E-state index is 0.0528. The highest BCUT2D eigenvalue weighted by atomic mass is 32.2. The van der Waals surface area contributed by atoms with Crippen LogP contribution < -0.4 is 9.47 Å². The molecular weight excluding hydrogens is 416 g/mol. The largest absolute Gasteiger partial charge is 0.496 e. The molecule has 3 aromatic rings. The number of thiocarbonyl (C=S) groups is 1. The molecule has 0 atom stereocenters. The summed E-state index contributed by atoms with van der Waals surface area (Å²) < 4.78 is 12.2. The fraction of sp³-hybridized carbons (Fsp3) is 0.174. The van der Waals surface area contributed by atoms with E-state index in [4.69, 9.17) is 21.7 Å². The third-order valence-electron chi connectivity index (χ3n) is 4.77. The summed E-state index contributed by atoms with van der Waals surface area (Å²) in [5.74, 6) is 1.38. The molecule has 2 heterocycles. The molecule has 0 bridgehead atoms. The number of benzene rings is 2. The third kappa shape index (κ3) is 4.04. The molecule has 1 saturated heterocycles. The lowest BCUT2D eigenvalue weighted by molar-refractivity contribution is -0.121. The van der Waals surface area contributed by atoms with Gasteiger partial charge in [0.25, 0.3) is 5.91 Å². The average molecular weight is 437 g/mol. The van der Waals surface area contributed by atoms with Crippen molar-refractivity contribution in [1.82, 2.24) is 9.88 Å². The number of amides is 1. The molecule has 1 aliphatic heterocycles. The Morgan fingerprint density at radius 3 is 2.77 bits per heavy atom.